The van der Waals surface area contributed by atoms with Gasteiger partial charge in [-0.15, -0.1) is 0 Å². The van der Waals surface area contributed by atoms with Crippen LogP contribution in [0.25, 0.3) is 0 Å². The Kier molecular flexibility index (Phi) is 4.11. The molecule has 0 aromatic carbocycles. The highest BCUT2D eigenvalue weighted by molar-refractivity contribution is 5.45. The molecule has 0 saturated carbocycles. The minimum absolute atomic E-state index is 0.0184. The van der Waals surface area contributed by atoms with Crippen LogP contribution in [-0.4, -0.2) is 35.9 Å². The summed E-state index contributed by atoms with van der Waals surface area (Å²) < 4.78 is 5.47. The molecule has 1 saturated heterocycles. The number of hydrogen-bond acceptors (Lipinski definition) is 4. The lowest BCUT2D eigenvalue weighted by Crippen LogP contribution is -2.44. The maximum absolute atomic E-state index is 9.45. The van der Waals surface area contributed by atoms with Crippen molar-refractivity contribution < 1.29 is 9.84 Å². The molecule has 0 spiro atoms. The van der Waals surface area contributed by atoms with Gasteiger partial charge in [0, 0.05) is 17.7 Å². The van der Waals surface area contributed by atoms with Crippen LogP contribution in [0.5, 0.6) is 0 Å². The van der Waals surface area contributed by atoms with E-state index in [-0.39, 0.29) is 12.0 Å². The summed E-state index contributed by atoms with van der Waals surface area (Å²) in [5, 5.41) is 9.45. The van der Waals surface area contributed by atoms with Crippen LogP contribution in [0.4, 0.5) is 5.82 Å². The number of aliphatic hydroxyl groups excluding tert-OH is 1. The highest BCUT2D eigenvalue weighted by atomic mass is 16.5. The van der Waals surface area contributed by atoms with Crippen LogP contribution in [-0.2, 0) is 16.8 Å². The Morgan fingerprint density at radius 2 is 2.16 bits per heavy atom. The van der Waals surface area contributed by atoms with Crippen molar-refractivity contribution in [3.63, 3.8) is 0 Å². The van der Waals surface area contributed by atoms with E-state index in [9.17, 15) is 5.11 Å². The molecule has 4 nitrogen and oxygen atoms in total. The number of morpholine rings is 1. The molecule has 2 rings (SSSR count). The van der Waals surface area contributed by atoms with Crippen LogP contribution in [0.3, 0.4) is 0 Å². The molecule has 1 aliphatic heterocycles. The number of nitrogens with zero attached hydrogens (tertiary/aromatic N) is 2. The van der Waals surface area contributed by atoms with Crippen LogP contribution in [0, 0.1) is 0 Å². The lowest BCUT2D eigenvalue weighted by molar-refractivity contribution is 0.0985. The van der Waals surface area contributed by atoms with Crippen molar-refractivity contribution in [3.05, 3.63) is 23.4 Å². The molecule has 0 radical (unpaired) electrons. The Hall–Kier alpha value is -1.13. The summed E-state index contributed by atoms with van der Waals surface area (Å²) in [6.07, 6.45) is 0. The van der Waals surface area contributed by atoms with Gasteiger partial charge in [0.15, 0.2) is 0 Å². The van der Waals surface area contributed by atoms with E-state index >= 15 is 0 Å². The molecule has 0 bridgehead atoms. The Balaban J connectivity index is 2.39. The average Bonchev–Trinajstić information content (AvgIpc) is 2.37. The van der Waals surface area contributed by atoms with E-state index in [0.717, 1.165) is 36.8 Å². The molecular weight excluding hydrogens is 240 g/mol. The third-order valence-corrected chi connectivity index (χ3v) is 3.48. The van der Waals surface area contributed by atoms with Gasteiger partial charge in [0.25, 0.3) is 0 Å². The van der Waals surface area contributed by atoms with Gasteiger partial charge in [0.1, 0.15) is 5.82 Å². The average molecular weight is 264 g/mol. The van der Waals surface area contributed by atoms with Gasteiger partial charge in [-0.3, -0.25) is 0 Å². The van der Waals surface area contributed by atoms with E-state index in [1.165, 1.54) is 0 Å². The van der Waals surface area contributed by atoms with Crippen LogP contribution in [0.2, 0.25) is 0 Å². The Morgan fingerprint density at radius 3 is 2.74 bits per heavy atom. The summed E-state index contributed by atoms with van der Waals surface area (Å²) in [4.78, 5) is 7.05. The predicted molar refractivity (Wildman–Crippen MR) is 76.5 cm³/mol. The second-order valence-electron chi connectivity index (χ2n) is 6.24. The summed E-state index contributed by atoms with van der Waals surface area (Å²) in [5.74, 6) is 0.951. The van der Waals surface area contributed by atoms with Gasteiger partial charge in [0.05, 0.1) is 25.9 Å². The standard InChI is InChI=1S/C15H24N2O2/c1-11-10-19-6-5-17(11)14-8-12(9-18)7-13(16-14)15(2,3)4/h7-8,11,18H,5-6,9-10H2,1-4H3. The zero-order valence-corrected chi connectivity index (χ0v) is 12.3. The van der Waals surface area contributed by atoms with Crippen LogP contribution in [0.15, 0.2) is 12.1 Å². The molecule has 1 N–H and O–H groups in total. The molecule has 0 amide bonds. The number of ether oxygens (including phenoxy) is 1. The maximum Gasteiger partial charge on any atom is 0.129 e. The van der Waals surface area contributed by atoms with E-state index < -0.39 is 0 Å². The largest absolute Gasteiger partial charge is 0.392 e. The second-order valence-corrected chi connectivity index (χ2v) is 6.24. The first-order chi connectivity index (χ1) is 8.91. The van der Waals surface area contributed by atoms with E-state index in [4.69, 9.17) is 9.72 Å². The molecule has 1 aromatic rings. The Morgan fingerprint density at radius 1 is 1.42 bits per heavy atom. The summed E-state index contributed by atoms with van der Waals surface area (Å²) >= 11 is 0. The van der Waals surface area contributed by atoms with Crippen molar-refractivity contribution in [1.82, 2.24) is 4.98 Å². The number of rotatable bonds is 2. The van der Waals surface area contributed by atoms with Gasteiger partial charge < -0.3 is 14.7 Å². The minimum atomic E-state index is -0.0184. The fraction of sp³-hybridized carbons (Fsp3) is 0.667. The molecule has 106 valence electrons. The fourth-order valence-corrected chi connectivity index (χ4v) is 2.26. The molecule has 19 heavy (non-hydrogen) atoms. The Bertz CT molecular complexity index is 440. The topological polar surface area (TPSA) is 45.6 Å². The minimum Gasteiger partial charge on any atom is -0.392 e. The first-order valence-corrected chi connectivity index (χ1v) is 6.88. The van der Waals surface area contributed by atoms with Gasteiger partial charge in [-0.2, -0.15) is 0 Å². The summed E-state index contributed by atoms with van der Waals surface area (Å²) in [5.41, 5.74) is 1.93. The number of anilines is 1. The third-order valence-electron chi connectivity index (χ3n) is 3.48. The van der Waals surface area contributed by atoms with E-state index in [0.29, 0.717) is 6.04 Å². The zero-order valence-electron chi connectivity index (χ0n) is 12.3. The summed E-state index contributed by atoms with van der Waals surface area (Å²) in [6.45, 7) is 10.9. The fourth-order valence-electron chi connectivity index (χ4n) is 2.26. The van der Waals surface area contributed by atoms with Crippen molar-refractivity contribution in [3.8, 4) is 0 Å². The smallest absolute Gasteiger partial charge is 0.129 e. The van der Waals surface area contributed by atoms with E-state index in [2.05, 4.69) is 32.6 Å². The summed E-state index contributed by atoms with van der Waals surface area (Å²) in [6, 6.07) is 4.30. The number of aromatic nitrogens is 1. The molecule has 1 aliphatic rings. The van der Waals surface area contributed by atoms with Gasteiger partial charge in [-0.05, 0) is 24.6 Å². The van der Waals surface area contributed by atoms with Gasteiger partial charge in [-0.25, -0.2) is 4.98 Å². The number of hydrogen-bond donors (Lipinski definition) is 1. The lowest BCUT2D eigenvalue weighted by Gasteiger charge is -2.35. The first-order valence-electron chi connectivity index (χ1n) is 6.88. The van der Waals surface area contributed by atoms with Gasteiger partial charge in [0.2, 0.25) is 0 Å². The van der Waals surface area contributed by atoms with Crippen LogP contribution < -0.4 is 4.90 Å². The monoisotopic (exact) mass is 264 g/mol. The van der Waals surface area contributed by atoms with Crippen LogP contribution >= 0.6 is 0 Å². The van der Waals surface area contributed by atoms with Crippen LogP contribution in [0.1, 0.15) is 39.0 Å². The molecule has 0 aliphatic carbocycles. The Labute approximate surface area is 115 Å². The third kappa shape index (κ3) is 3.25. The van der Waals surface area contributed by atoms with Crippen molar-refractivity contribution in [2.75, 3.05) is 24.7 Å². The number of pyridine rings is 1. The molecule has 1 atom stereocenters. The van der Waals surface area contributed by atoms with Crippen molar-refractivity contribution >= 4 is 5.82 Å². The zero-order chi connectivity index (χ0) is 14.0. The SMILES string of the molecule is CC1COCCN1c1cc(CO)cc(C(C)(C)C)n1. The second kappa shape index (κ2) is 5.47. The van der Waals surface area contributed by atoms with Crippen molar-refractivity contribution in [1.29, 1.82) is 0 Å². The van der Waals surface area contributed by atoms with Gasteiger partial charge in [-0.1, -0.05) is 20.8 Å². The van der Waals surface area contributed by atoms with E-state index in [1.54, 1.807) is 0 Å². The molecule has 2 heterocycles. The molecule has 4 heteroatoms. The quantitative estimate of drug-likeness (QED) is 0.888. The lowest BCUT2D eigenvalue weighted by atomic mass is 9.90. The number of aliphatic hydroxyl groups is 1. The molecule has 1 aromatic heterocycles. The normalized spacial score (nSPS) is 20.7. The molecule has 1 fully saturated rings. The van der Waals surface area contributed by atoms with E-state index in [1.807, 2.05) is 12.1 Å². The molecular formula is C15H24N2O2. The first kappa shape index (κ1) is 14.3. The predicted octanol–water partition coefficient (Wildman–Crippen LogP) is 2.10. The van der Waals surface area contributed by atoms with Crippen molar-refractivity contribution in [2.24, 2.45) is 0 Å². The van der Waals surface area contributed by atoms with Gasteiger partial charge >= 0.3 is 0 Å². The summed E-state index contributed by atoms with van der Waals surface area (Å²) in [7, 11) is 0. The highest BCUT2D eigenvalue weighted by Crippen LogP contribution is 2.26. The highest BCUT2D eigenvalue weighted by Gasteiger charge is 2.23. The maximum atomic E-state index is 9.45. The van der Waals surface area contributed by atoms with Crippen molar-refractivity contribution in [2.45, 2.75) is 45.8 Å². The molecule has 1 unspecified atom stereocenters.